The Morgan fingerprint density at radius 3 is 2.48 bits per heavy atom. The minimum atomic E-state index is -0.278. The topological polar surface area (TPSA) is 91.2 Å². The third kappa shape index (κ3) is 5.37. The molecule has 0 fully saturated rings. The summed E-state index contributed by atoms with van der Waals surface area (Å²) in [5.41, 5.74) is 0.620. The Bertz CT molecular complexity index is 1180. The number of benzene rings is 2. The number of aryl methyl sites for hydroxylation is 1. The number of nitrogens with one attached hydrogen (secondary N) is 1. The number of anilines is 1. The molecule has 2 aromatic heterocycles. The molecule has 0 aliphatic carbocycles. The highest BCUT2D eigenvalue weighted by atomic mass is 35.5. The number of carbonyl (C=O) groups excluding carboxylic acids is 1. The van der Waals surface area contributed by atoms with Crippen molar-refractivity contribution >= 4 is 23.2 Å². The predicted molar refractivity (Wildman–Crippen MR) is 116 cm³/mol. The van der Waals surface area contributed by atoms with Crippen LogP contribution >= 0.6 is 11.6 Å². The summed E-state index contributed by atoms with van der Waals surface area (Å²) in [4.78, 5) is 24.7. The standard InChI is InChI=1S/C22H18ClN5O3/c1-15-24-10-11-28(15)20-12-22(26-14-25-20)31-19-8-4-17(5-9-19)27-21(29)13-30-18-6-2-16(23)3-7-18/h2-12,14H,13H2,1H3,(H,27,29). The van der Waals surface area contributed by atoms with Crippen LogP contribution in [0.4, 0.5) is 5.69 Å². The fraction of sp³-hybridized carbons (Fsp3) is 0.0909. The smallest absolute Gasteiger partial charge is 0.262 e. The monoisotopic (exact) mass is 435 g/mol. The van der Waals surface area contributed by atoms with Crippen LogP contribution in [0.5, 0.6) is 17.4 Å². The van der Waals surface area contributed by atoms with Crippen LogP contribution in [0.2, 0.25) is 5.02 Å². The molecule has 31 heavy (non-hydrogen) atoms. The van der Waals surface area contributed by atoms with Gasteiger partial charge >= 0.3 is 0 Å². The Morgan fingerprint density at radius 2 is 1.77 bits per heavy atom. The minimum absolute atomic E-state index is 0.114. The molecule has 0 saturated heterocycles. The fourth-order valence-electron chi connectivity index (χ4n) is 2.74. The van der Waals surface area contributed by atoms with Crippen molar-refractivity contribution in [3.8, 4) is 23.2 Å². The van der Waals surface area contributed by atoms with E-state index in [1.54, 1.807) is 60.8 Å². The molecule has 1 amide bonds. The maximum Gasteiger partial charge on any atom is 0.262 e. The molecule has 8 nitrogen and oxygen atoms in total. The van der Waals surface area contributed by atoms with Gasteiger partial charge in [-0.25, -0.2) is 15.0 Å². The molecule has 4 rings (SSSR count). The van der Waals surface area contributed by atoms with Crippen molar-refractivity contribution in [2.75, 3.05) is 11.9 Å². The van der Waals surface area contributed by atoms with E-state index in [0.717, 1.165) is 5.82 Å². The van der Waals surface area contributed by atoms with E-state index in [2.05, 4.69) is 20.3 Å². The molecular formula is C22H18ClN5O3. The van der Waals surface area contributed by atoms with Gasteiger partial charge in [0.15, 0.2) is 6.61 Å². The van der Waals surface area contributed by atoms with E-state index in [4.69, 9.17) is 21.1 Å². The van der Waals surface area contributed by atoms with Crippen LogP contribution in [0.1, 0.15) is 5.82 Å². The first-order valence-electron chi connectivity index (χ1n) is 9.35. The Kier molecular flexibility index (Phi) is 6.09. The number of halogens is 1. The lowest BCUT2D eigenvalue weighted by atomic mass is 10.3. The molecule has 0 atom stereocenters. The molecule has 1 N–H and O–H groups in total. The molecular weight excluding hydrogens is 418 g/mol. The van der Waals surface area contributed by atoms with Crippen molar-refractivity contribution < 1.29 is 14.3 Å². The second-order valence-electron chi connectivity index (χ2n) is 6.48. The van der Waals surface area contributed by atoms with Crippen LogP contribution in [-0.2, 0) is 4.79 Å². The molecule has 0 aliphatic rings. The zero-order valence-corrected chi connectivity index (χ0v) is 17.3. The number of rotatable bonds is 7. The average Bonchev–Trinajstić information content (AvgIpc) is 3.21. The molecule has 0 unspecified atom stereocenters. The molecule has 0 bridgehead atoms. The molecule has 4 aromatic rings. The zero-order valence-electron chi connectivity index (χ0n) is 16.5. The summed E-state index contributed by atoms with van der Waals surface area (Å²) in [5.74, 6) is 2.72. The van der Waals surface area contributed by atoms with Crippen LogP contribution in [0, 0.1) is 6.92 Å². The lowest BCUT2D eigenvalue weighted by Crippen LogP contribution is -2.20. The summed E-state index contributed by atoms with van der Waals surface area (Å²) >= 11 is 5.83. The normalized spacial score (nSPS) is 10.5. The number of ether oxygens (including phenoxy) is 2. The van der Waals surface area contributed by atoms with Gasteiger partial charge in [0.25, 0.3) is 5.91 Å². The van der Waals surface area contributed by atoms with E-state index in [1.807, 2.05) is 17.7 Å². The maximum absolute atomic E-state index is 12.1. The number of nitrogens with zero attached hydrogens (tertiary/aromatic N) is 4. The minimum Gasteiger partial charge on any atom is -0.484 e. The van der Waals surface area contributed by atoms with Gasteiger partial charge in [-0.3, -0.25) is 9.36 Å². The number of hydrogen-bond donors (Lipinski definition) is 1. The van der Waals surface area contributed by atoms with Crippen LogP contribution in [0.15, 0.2) is 73.3 Å². The van der Waals surface area contributed by atoms with Crippen LogP contribution < -0.4 is 14.8 Å². The Labute approximate surface area is 183 Å². The number of carbonyl (C=O) groups is 1. The Balaban J connectivity index is 1.33. The molecule has 0 saturated carbocycles. The van der Waals surface area contributed by atoms with Gasteiger partial charge in [-0.15, -0.1) is 0 Å². The number of amides is 1. The van der Waals surface area contributed by atoms with Crippen LogP contribution in [0.25, 0.3) is 5.82 Å². The summed E-state index contributed by atoms with van der Waals surface area (Å²) in [7, 11) is 0. The lowest BCUT2D eigenvalue weighted by molar-refractivity contribution is -0.118. The van der Waals surface area contributed by atoms with Gasteiger partial charge < -0.3 is 14.8 Å². The van der Waals surface area contributed by atoms with E-state index in [-0.39, 0.29) is 12.5 Å². The fourth-order valence-corrected chi connectivity index (χ4v) is 2.87. The Morgan fingerprint density at radius 1 is 1.03 bits per heavy atom. The van der Waals surface area contributed by atoms with Crippen molar-refractivity contribution in [1.29, 1.82) is 0 Å². The molecule has 2 aromatic carbocycles. The summed E-state index contributed by atoms with van der Waals surface area (Å²) in [6, 6.07) is 15.5. The van der Waals surface area contributed by atoms with Gasteiger partial charge in [-0.1, -0.05) is 11.6 Å². The number of hydrogen-bond acceptors (Lipinski definition) is 6. The highest BCUT2D eigenvalue weighted by Crippen LogP contribution is 2.23. The Hall–Kier alpha value is -3.91. The average molecular weight is 436 g/mol. The highest BCUT2D eigenvalue weighted by molar-refractivity contribution is 6.30. The molecule has 9 heteroatoms. The molecule has 0 radical (unpaired) electrons. The van der Waals surface area contributed by atoms with E-state index < -0.39 is 0 Å². The molecule has 0 spiro atoms. The zero-order chi connectivity index (χ0) is 21.6. The van der Waals surface area contributed by atoms with Gasteiger partial charge in [0.2, 0.25) is 5.88 Å². The summed E-state index contributed by atoms with van der Waals surface area (Å²) in [6.07, 6.45) is 4.94. The van der Waals surface area contributed by atoms with Gasteiger partial charge in [0.05, 0.1) is 0 Å². The largest absolute Gasteiger partial charge is 0.484 e. The summed E-state index contributed by atoms with van der Waals surface area (Å²) in [5, 5.41) is 3.37. The number of imidazole rings is 1. The first-order valence-corrected chi connectivity index (χ1v) is 9.73. The first kappa shape index (κ1) is 20.4. The second-order valence-corrected chi connectivity index (χ2v) is 6.91. The first-order chi connectivity index (χ1) is 15.1. The van der Waals surface area contributed by atoms with E-state index in [1.165, 1.54) is 6.33 Å². The van der Waals surface area contributed by atoms with Crippen molar-refractivity contribution in [3.05, 3.63) is 84.2 Å². The van der Waals surface area contributed by atoms with Crippen molar-refractivity contribution in [2.45, 2.75) is 6.92 Å². The maximum atomic E-state index is 12.1. The van der Waals surface area contributed by atoms with Crippen LogP contribution in [0.3, 0.4) is 0 Å². The third-order valence-electron chi connectivity index (χ3n) is 4.24. The van der Waals surface area contributed by atoms with E-state index in [9.17, 15) is 4.79 Å². The summed E-state index contributed by atoms with van der Waals surface area (Å²) < 4.78 is 13.1. The quantitative estimate of drug-likeness (QED) is 0.461. The van der Waals surface area contributed by atoms with Crippen molar-refractivity contribution in [3.63, 3.8) is 0 Å². The van der Waals surface area contributed by atoms with Gasteiger partial charge in [-0.05, 0) is 55.5 Å². The van der Waals surface area contributed by atoms with Gasteiger partial charge in [-0.2, -0.15) is 0 Å². The summed E-state index contributed by atoms with van der Waals surface area (Å²) in [6.45, 7) is 1.77. The van der Waals surface area contributed by atoms with E-state index >= 15 is 0 Å². The van der Waals surface area contributed by atoms with Crippen molar-refractivity contribution in [1.82, 2.24) is 19.5 Å². The number of aromatic nitrogens is 4. The third-order valence-corrected chi connectivity index (χ3v) is 4.50. The van der Waals surface area contributed by atoms with E-state index in [0.29, 0.717) is 33.9 Å². The van der Waals surface area contributed by atoms with Crippen LogP contribution in [-0.4, -0.2) is 32.0 Å². The van der Waals surface area contributed by atoms with Gasteiger partial charge in [0, 0.05) is 29.2 Å². The molecule has 2 heterocycles. The SMILES string of the molecule is Cc1nccn1-c1cc(Oc2ccc(NC(=O)COc3ccc(Cl)cc3)cc2)ncn1. The second kappa shape index (κ2) is 9.27. The molecule has 0 aliphatic heterocycles. The highest BCUT2D eigenvalue weighted by Gasteiger charge is 2.07. The lowest BCUT2D eigenvalue weighted by Gasteiger charge is -2.09. The van der Waals surface area contributed by atoms with Crippen molar-refractivity contribution in [2.24, 2.45) is 0 Å². The predicted octanol–water partition coefficient (Wildman–Crippen LogP) is 4.43. The van der Waals surface area contributed by atoms with Gasteiger partial charge in [0.1, 0.15) is 29.5 Å². The molecule has 156 valence electrons.